The first-order valence-electron chi connectivity index (χ1n) is 4.76. The predicted molar refractivity (Wildman–Crippen MR) is 61.8 cm³/mol. The Balaban J connectivity index is 2.33. The van der Waals surface area contributed by atoms with Gasteiger partial charge >= 0.3 is 0 Å². The summed E-state index contributed by atoms with van der Waals surface area (Å²) in [6.07, 6.45) is 3.42. The third-order valence-electron chi connectivity index (χ3n) is 2.54. The molecule has 0 saturated carbocycles. The first-order chi connectivity index (χ1) is 7.77. The first kappa shape index (κ1) is 9.47. The highest BCUT2D eigenvalue weighted by Gasteiger charge is 2.13. The van der Waals surface area contributed by atoms with E-state index in [0.717, 1.165) is 11.0 Å². The van der Waals surface area contributed by atoms with Crippen molar-refractivity contribution in [2.45, 2.75) is 0 Å². The van der Waals surface area contributed by atoms with E-state index >= 15 is 0 Å². The lowest BCUT2D eigenvalue weighted by Crippen LogP contribution is -1.92. The third-order valence-corrected chi connectivity index (χ3v) is 3.25. The summed E-state index contributed by atoms with van der Waals surface area (Å²) < 4.78 is 15.3. The average molecular weight is 233 g/mol. The number of aromatic nitrogens is 3. The Morgan fingerprint density at radius 2 is 2.25 bits per heavy atom. The lowest BCUT2D eigenvalue weighted by atomic mass is 10.3. The Morgan fingerprint density at radius 1 is 1.38 bits per heavy atom. The van der Waals surface area contributed by atoms with Crippen LogP contribution in [0.2, 0.25) is 0 Å². The number of nitrogens with zero attached hydrogens (tertiary/aromatic N) is 3. The summed E-state index contributed by atoms with van der Waals surface area (Å²) in [7, 11) is 1.86. The van der Waals surface area contributed by atoms with Gasteiger partial charge in [0, 0.05) is 24.0 Å². The topological polar surface area (TPSA) is 30.7 Å². The van der Waals surface area contributed by atoms with Gasteiger partial charge in [0.2, 0.25) is 0 Å². The molecule has 3 heterocycles. The van der Waals surface area contributed by atoms with Crippen molar-refractivity contribution in [1.29, 1.82) is 0 Å². The number of imidazole rings is 1. The Hall–Kier alpha value is -1.75. The van der Waals surface area contributed by atoms with E-state index in [4.69, 9.17) is 0 Å². The van der Waals surface area contributed by atoms with Crippen LogP contribution in [0, 0.1) is 5.82 Å². The molecule has 0 amide bonds. The van der Waals surface area contributed by atoms with Crippen LogP contribution in [-0.4, -0.2) is 14.5 Å². The first-order valence-corrected chi connectivity index (χ1v) is 5.70. The highest BCUT2D eigenvalue weighted by atomic mass is 32.1. The number of hydrogen-bond donors (Lipinski definition) is 0. The molecule has 0 bridgehead atoms. The molecule has 0 unspecified atom stereocenters. The van der Waals surface area contributed by atoms with Crippen molar-refractivity contribution < 1.29 is 4.39 Å². The molecule has 5 heteroatoms. The molecule has 3 aromatic rings. The van der Waals surface area contributed by atoms with Gasteiger partial charge in [0.05, 0.1) is 22.8 Å². The highest BCUT2D eigenvalue weighted by Crippen LogP contribution is 2.27. The molecular formula is C11H8FN3S. The minimum Gasteiger partial charge on any atom is -0.326 e. The van der Waals surface area contributed by atoms with E-state index in [-0.39, 0.29) is 5.82 Å². The van der Waals surface area contributed by atoms with E-state index in [1.54, 1.807) is 17.8 Å². The van der Waals surface area contributed by atoms with E-state index in [1.807, 2.05) is 17.7 Å². The molecule has 0 aliphatic rings. The molecule has 3 nitrogen and oxygen atoms in total. The number of rotatable bonds is 1. The highest BCUT2D eigenvalue weighted by molar-refractivity contribution is 7.08. The van der Waals surface area contributed by atoms with Gasteiger partial charge in [-0.05, 0) is 6.07 Å². The van der Waals surface area contributed by atoms with Gasteiger partial charge in [-0.25, -0.2) is 9.37 Å². The molecule has 80 valence electrons. The van der Waals surface area contributed by atoms with Crippen LogP contribution >= 0.6 is 11.3 Å². The van der Waals surface area contributed by atoms with E-state index in [0.29, 0.717) is 11.4 Å². The van der Waals surface area contributed by atoms with Crippen molar-refractivity contribution in [1.82, 2.24) is 14.5 Å². The van der Waals surface area contributed by atoms with Crippen LogP contribution in [0.4, 0.5) is 4.39 Å². The monoisotopic (exact) mass is 233 g/mol. The van der Waals surface area contributed by atoms with Crippen molar-refractivity contribution in [3.05, 3.63) is 35.0 Å². The third kappa shape index (κ3) is 1.25. The molecule has 0 aliphatic carbocycles. The van der Waals surface area contributed by atoms with E-state index in [1.165, 1.54) is 16.7 Å². The molecule has 16 heavy (non-hydrogen) atoms. The number of fused-ring (bicyclic) bond motifs is 1. The van der Waals surface area contributed by atoms with Crippen LogP contribution in [0.5, 0.6) is 0 Å². The maximum atomic E-state index is 13.5. The van der Waals surface area contributed by atoms with Gasteiger partial charge in [-0.3, -0.25) is 4.98 Å². The number of thiophene rings is 1. The molecule has 3 aromatic heterocycles. The molecule has 3 rings (SSSR count). The fraction of sp³-hybridized carbons (Fsp3) is 0.0909. The van der Waals surface area contributed by atoms with Gasteiger partial charge in [0.25, 0.3) is 0 Å². The zero-order valence-electron chi connectivity index (χ0n) is 8.51. The van der Waals surface area contributed by atoms with Crippen LogP contribution in [0.15, 0.2) is 29.2 Å². The van der Waals surface area contributed by atoms with Crippen molar-refractivity contribution >= 4 is 22.4 Å². The van der Waals surface area contributed by atoms with Crippen molar-refractivity contribution in [2.75, 3.05) is 0 Å². The van der Waals surface area contributed by atoms with Crippen LogP contribution in [0.3, 0.4) is 0 Å². The van der Waals surface area contributed by atoms with E-state index in [9.17, 15) is 4.39 Å². The molecule has 0 spiro atoms. The summed E-state index contributed by atoms with van der Waals surface area (Å²) >= 11 is 1.34. The standard InChI is InChI=1S/C11H8FN3S/c1-15-10-4-13-3-2-9(10)14-11(15)7-5-16-6-8(7)12/h2-6H,1H3. The zero-order valence-corrected chi connectivity index (χ0v) is 9.33. The predicted octanol–water partition coefficient (Wildman–Crippen LogP) is 2.84. The maximum absolute atomic E-state index is 13.5. The van der Waals surface area contributed by atoms with Gasteiger partial charge in [0.15, 0.2) is 0 Å². The number of hydrogen-bond acceptors (Lipinski definition) is 3. The van der Waals surface area contributed by atoms with Crippen LogP contribution in [-0.2, 0) is 7.05 Å². The number of aryl methyl sites for hydroxylation is 1. The fourth-order valence-corrected chi connectivity index (χ4v) is 2.39. The van der Waals surface area contributed by atoms with Crippen molar-refractivity contribution in [2.24, 2.45) is 7.05 Å². The normalized spacial score (nSPS) is 11.1. The minimum absolute atomic E-state index is 0.226. The summed E-state index contributed by atoms with van der Waals surface area (Å²) in [5.74, 6) is 0.415. The smallest absolute Gasteiger partial charge is 0.144 e. The quantitative estimate of drug-likeness (QED) is 0.647. The molecule has 0 aromatic carbocycles. The largest absolute Gasteiger partial charge is 0.326 e. The Kier molecular flexibility index (Phi) is 2.00. The fourth-order valence-electron chi connectivity index (χ4n) is 1.72. The Bertz CT molecular complexity index is 656. The lowest BCUT2D eigenvalue weighted by Gasteiger charge is -1.99. The number of halogens is 1. The SMILES string of the molecule is Cn1c(-c2cscc2F)nc2ccncc21. The van der Waals surface area contributed by atoms with Crippen molar-refractivity contribution in [3.8, 4) is 11.4 Å². The van der Waals surface area contributed by atoms with E-state index < -0.39 is 0 Å². The summed E-state index contributed by atoms with van der Waals surface area (Å²) in [4.78, 5) is 8.44. The molecule has 0 radical (unpaired) electrons. The second-order valence-corrected chi connectivity index (χ2v) is 4.24. The summed E-state index contributed by atoms with van der Waals surface area (Å²) in [6.45, 7) is 0. The molecule has 0 atom stereocenters. The van der Waals surface area contributed by atoms with Gasteiger partial charge in [-0.15, -0.1) is 11.3 Å². The van der Waals surface area contributed by atoms with Crippen molar-refractivity contribution in [3.63, 3.8) is 0 Å². The van der Waals surface area contributed by atoms with Gasteiger partial charge in [-0.2, -0.15) is 0 Å². The van der Waals surface area contributed by atoms with Gasteiger partial charge in [-0.1, -0.05) is 0 Å². The minimum atomic E-state index is -0.226. The molecular weight excluding hydrogens is 225 g/mol. The molecule has 0 N–H and O–H groups in total. The Labute approximate surface area is 95.2 Å². The van der Waals surface area contributed by atoms with Crippen LogP contribution in [0.25, 0.3) is 22.4 Å². The summed E-state index contributed by atoms with van der Waals surface area (Å²) in [5, 5.41) is 3.25. The zero-order chi connectivity index (χ0) is 11.1. The maximum Gasteiger partial charge on any atom is 0.144 e. The molecule has 0 saturated heterocycles. The Morgan fingerprint density at radius 3 is 2.94 bits per heavy atom. The van der Waals surface area contributed by atoms with Crippen LogP contribution in [0.1, 0.15) is 0 Å². The summed E-state index contributed by atoms with van der Waals surface area (Å²) in [6, 6.07) is 1.82. The second-order valence-electron chi connectivity index (χ2n) is 3.49. The molecule has 0 aliphatic heterocycles. The summed E-state index contributed by atoms with van der Waals surface area (Å²) in [5.41, 5.74) is 2.28. The van der Waals surface area contributed by atoms with Gasteiger partial charge in [0.1, 0.15) is 11.6 Å². The second kappa shape index (κ2) is 3.38. The average Bonchev–Trinajstić information content (AvgIpc) is 2.84. The van der Waals surface area contributed by atoms with Crippen LogP contribution < -0.4 is 0 Å². The van der Waals surface area contributed by atoms with E-state index in [2.05, 4.69) is 9.97 Å². The lowest BCUT2D eigenvalue weighted by molar-refractivity contribution is 0.634. The molecule has 0 fully saturated rings. The van der Waals surface area contributed by atoms with Gasteiger partial charge < -0.3 is 4.57 Å². The number of pyridine rings is 1.